The second-order valence-corrected chi connectivity index (χ2v) is 6.12. The Hall–Kier alpha value is -1.00. The minimum Gasteiger partial charge on any atom is -0.341 e. The van der Waals surface area contributed by atoms with E-state index in [-0.39, 0.29) is 17.9 Å². The first-order valence-corrected chi connectivity index (χ1v) is 7.98. The summed E-state index contributed by atoms with van der Waals surface area (Å²) in [6.45, 7) is 0.663. The average molecular weight is 278 g/mol. The summed E-state index contributed by atoms with van der Waals surface area (Å²) in [6, 6.07) is 8.42. The summed E-state index contributed by atoms with van der Waals surface area (Å²) in [5, 5.41) is 0. The molecule has 104 valence electrons. The predicted octanol–water partition coefficient (Wildman–Crippen LogP) is 2.49. The number of hydrogen-bond donors (Lipinski definition) is 1. The van der Waals surface area contributed by atoms with E-state index in [2.05, 4.69) is 30.5 Å². The van der Waals surface area contributed by atoms with Gasteiger partial charge >= 0.3 is 0 Å². The van der Waals surface area contributed by atoms with Crippen molar-refractivity contribution in [3.05, 3.63) is 29.8 Å². The molecule has 0 aromatic heterocycles. The van der Waals surface area contributed by atoms with Gasteiger partial charge in [0.05, 0.1) is 5.92 Å². The Labute approximate surface area is 119 Å². The first-order valence-electron chi connectivity index (χ1n) is 6.75. The van der Waals surface area contributed by atoms with Gasteiger partial charge in [0.1, 0.15) is 0 Å². The molecule has 0 aliphatic heterocycles. The topological polar surface area (TPSA) is 46.3 Å². The molecule has 2 rings (SSSR count). The summed E-state index contributed by atoms with van der Waals surface area (Å²) in [4.78, 5) is 15.4. The molecule has 4 heteroatoms. The van der Waals surface area contributed by atoms with Crippen LogP contribution in [-0.4, -0.2) is 30.2 Å². The second kappa shape index (κ2) is 6.44. The van der Waals surface area contributed by atoms with Crippen molar-refractivity contribution in [2.24, 2.45) is 11.7 Å². The van der Waals surface area contributed by atoms with Crippen molar-refractivity contribution in [1.29, 1.82) is 0 Å². The predicted molar refractivity (Wildman–Crippen MR) is 80.0 cm³/mol. The number of rotatable bonds is 4. The van der Waals surface area contributed by atoms with Crippen LogP contribution in [0.5, 0.6) is 0 Å². The van der Waals surface area contributed by atoms with Gasteiger partial charge in [0.2, 0.25) is 5.91 Å². The fourth-order valence-electron chi connectivity index (χ4n) is 2.66. The Morgan fingerprint density at radius 3 is 2.58 bits per heavy atom. The summed E-state index contributed by atoms with van der Waals surface area (Å²) in [5.41, 5.74) is 7.17. The molecule has 2 N–H and O–H groups in total. The number of carbonyl (C=O) groups excluding carboxylic acids is 1. The van der Waals surface area contributed by atoms with Crippen molar-refractivity contribution in [3.8, 4) is 0 Å². The molecule has 1 aromatic rings. The first-order chi connectivity index (χ1) is 9.11. The lowest BCUT2D eigenvalue weighted by atomic mass is 10.0. The molecule has 1 aliphatic carbocycles. The lowest BCUT2D eigenvalue weighted by molar-refractivity contribution is -0.134. The maximum Gasteiger partial charge on any atom is 0.227 e. The molecule has 0 spiro atoms. The normalized spacial score (nSPS) is 22.5. The molecule has 2 unspecified atom stereocenters. The fourth-order valence-corrected chi connectivity index (χ4v) is 3.07. The highest BCUT2D eigenvalue weighted by Crippen LogP contribution is 2.26. The lowest BCUT2D eigenvalue weighted by Crippen LogP contribution is -2.39. The second-order valence-electron chi connectivity index (χ2n) is 5.24. The van der Waals surface area contributed by atoms with Crippen LogP contribution in [0, 0.1) is 5.92 Å². The zero-order valence-electron chi connectivity index (χ0n) is 11.6. The lowest BCUT2D eigenvalue weighted by Gasteiger charge is -2.23. The van der Waals surface area contributed by atoms with E-state index in [9.17, 15) is 4.79 Å². The van der Waals surface area contributed by atoms with Crippen LogP contribution >= 0.6 is 11.8 Å². The highest BCUT2D eigenvalue weighted by Gasteiger charge is 2.32. The van der Waals surface area contributed by atoms with E-state index in [1.807, 2.05) is 11.9 Å². The van der Waals surface area contributed by atoms with Gasteiger partial charge < -0.3 is 10.6 Å². The minimum atomic E-state index is 0.0236. The third kappa shape index (κ3) is 3.51. The van der Waals surface area contributed by atoms with Gasteiger partial charge in [0, 0.05) is 24.5 Å². The van der Waals surface area contributed by atoms with Crippen molar-refractivity contribution < 1.29 is 4.79 Å². The molecule has 3 nitrogen and oxygen atoms in total. The van der Waals surface area contributed by atoms with Crippen LogP contribution in [0.3, 0.4) is 0 Å². The Kier molecular flexibility index (Phi) is 4.88. The van der Waals surface area contributed by atoms with Crippen molar-refractivity contribution in [1.82, 2.24) is 4.90 Å². The van der Waals surface area contributed by atoms with Crippen molar-refractivity contribution >= 4 is 17.7 Å². The molecule has 2 atom stereocenters. The Morgan fingerprint density at radius 1 is 1.37 bits per heavy atom. The number of benzene rings is 1. The molecule has 0 saturated heterocycles. The molecule has 1 amide bonds. The Morgan fingerprint density at radius 2 is 2.05 bits per heavy atom. The van der Waals surface area contributed by atoms with Crippen LogP contribution in [0.4, 0.5) is 0 Å². The summed E-state index contributed by atoms with van der Waals surface area (Å²) >= 11 is 1.73. The van der Waals surface area contributed by atoms with E-state index < -0.39 is 0 Å². The molecule has 0 bridgehead atoms. The number of thioether (sulfide) groups is 1. The average Bonchev–Trinajstić information content (AvgIpc) is 2.85. The van der Waals surface area contributed by atoms with Crippen LogP contribution in [-0.2, 0) is 11.3 Å². The highest BCUT2D eigenvalue weighted by atomic mass is 32.2. The molecule has 1 aromatic carbocycles. The molecule has 1 aliphatic rings. The van der Waals surface area contributed by atoms with Crippen molar-refractivity contribution in [2.45, 2.75) is 36.7 Å². The molecular weight excluding hydrogens is 256 g/mol. The molecule has 1 fully saturated rings. The molecular formula is C15H22N2OS. The number of hydrogen-bond acceptors (Lipinski definition) is 3. The van der Waals surface area contributed by atoms with Gasteiger partial charge in [-0.25, -0.2) is 0 Å². The van der Waals surface area contributed by atoms with Crippen molar-refractivity contribution in [2.75, 3.05) is 13.3 Å². The van der Waals surface area contributed by atoms with Gasteiger partial charge in [-0.2, -0.15) is 0 Å². The summed E-state index contributed by atoms with van der Waals surface area (Å²) in [6.07, 6.45) is 5.06. The number of carbonyl (C=O) groups is 1. The highest BCUT2D eigenvalue weighted by molar-refractivity contribution is 7.98. The van der Waals surface area contributed by atoms with Crippen LogP contribution in [0.15, 0.2) is 29.2 Å². The minimum absolute atomic E-state index is 0.0236. The third-order valence-electron chi connectivity index (χ3n) is 3.84. The van der Waals surface area contributed by atoms with E-state index in [0.29, 0.717) is 6.54 Å². The Balaban J connectivity index is 1.95. The monoisotopic (exact) mass is 278 g/mol. The van der Waals surface area contributed by atoms with E-state index in [1.54, 1.807) is 11.8 Å². The molecule has 0 heterocycles. The van der Waals surface area contributed by atoms with Gasteiger partial charge in [-0.15, -0.1) is 11.8 Å². The standard InChI is InChI=1S/C15H22N2OS/c1-17(15(18)13-4-3-5-14(13)16)10-11-6-8-12(19-2)9-7-11/h6-9,13-14H,3-5,10,16H2,1-2H3. The summed E-state index contributed by atoms with van der Waals surface area (Å²) < 4.78 is 0. The van der Waals surface area contributed by atoms with Gasteiger partial charge in [-0.1, -0.05) is 18.6 Å². The summed E-state index contributed by atoms with van der Waals surface area (Å²) in [5.74, 6) is 0.217. The smallest absolute Gasteiger partial charge is 0.227 e. The quantitative estimate of drug-likeness (QED) is 0.861. The van der Waals surface area contributed by atoms with Crippen LogP contribution in [0.25, 0.3) is 0 Å². The largest absolute Gasteiger partial charge is 0.341 e. The van der Waals surface area contributed by atoms with Gasteiger partial charge in [-0.3, -0.25) is 4.79 Å². The SMILES string of the molecule is CSc1ccc(CN(C)C(=O)C2CCCC2N)cc1. The zero-order valence-corrected chi connectivity index (χ0v) is 12.5. The van der Waals surface area contributed by atoms with Gasteiger partial charge in [0.25, 0.3) is 0 Å². The molecule has 1 saturated carbocycles. The van der Waals surface area contributed by atoms with E-state index in [0.717, 1.165) is 19.3 Å². The maximum atomic E-state index is 12.3. The van der Waals surface area contributed by atoms with E-state index in [4.69, 9.17) is 5.73 Å². The van der Waals surface area contributed by atoms with Crippen LogP contribution < -0.4 is 5.73 Å². The number of nitrogens with zero attached hydrogens (tertiary/aromatic N) is 1. The van der Waals surface area contributed by atoms with Gasteiger partial charge in [-0.05, 0) is 36.8 Å². The molecule has 19 heavy (non-hydrogen) atoms. The van der Waals surface area contributed by atoms with Crippen LogP contribution in [0.1, 0.15) is 24.8 Å². The third-order valence-corrected chi connectivity index (χ3v) is 4.59. The number of nitrogens with two attached hydrogens (primary N) is 1. The van der Waals surface area contributed by atoms with Crippen molar-refractivity contribution in [3.63, 3.8) is 0 Å². The fraction of sp³-hybridized carbons (Fsp3) is 0.533. The van der Waals surface area contributed by atoms with E-state index in [1.165, 1.54) is 10.5 Å². The summed E-state index contributed by atoms with van der Waals surface area (Å²) in [7, 11) is 1.87. The zero-order chi connectivity index (χ0) is 13.8. The van der Waals surface area contributed by atoms with Crippen LogP contribution in [0.2, 0.25) is 0 Å². The maximum absolute atomic E-state index is 12.3. The number of amides is 1. The van der Waals surface area contributed by atoms with E-state index >= 15 is 0 Å². The first kappa shape index (κ1) is 14.4. The van der Waals surface area contributed by atoms with Gasteiger partial charge in [0.15, 0.2) is 0 Å². The molecule has 0 radical (unpaired) electrons. The Bertz CT molecular complexity index is 432.